The molecule has 1 fully saturated rings. The number of rotatable bonds is 2. The minimum atomic E-state index is 0.361. The van der Waals surface area contributed by atoms with Crippen LogP contribution in [-0.2, 0) is 0 Å². The number of hydrogen-bond acceptors (Lipinski definition) is 5. The molecule has 0 bridgehead atoms. The summed E-state index contributed by atoms with van der Waals surface area (Å²) in [5, 5.41) is 4.47. The minimum absolute atomic E-state index is 0.361. The number of nitrogens with two attached hydrogens (primary N) is 1. The Bertz CT molecular complexity index is 581. The summed E-state index contributed by atoms with van der Waals surface area (Å²) in [6.45, 7) is 0. The van der Waals surface area contributed by atoms with Crippen LogP contribution in [0.2, 0.25) is 0 Å². The van der Waals surface area contributed by atoms with Gasteiger partial charge < -0.3 is 10.3 Å². The molecule has 1 unspecified atom stereocenters. The topological polar surface area (TPSA) is 64.9 Å². The molecule has 1 aliphatic rings. The zero-order valence-electron chi connectivity index (χ0n) is 10.3. The van der Waals surface area contributed by atoms with E-state index in [0.717, 1.165) is 22.3 Å². The fraction of sp³-hybridized carbons (Fsp3) is 0.385. The van der Waals surface area contributed by atoms with Crippen molar-refractivity contribution in [2.75, 3.05) is 11.5 Å². The van der Waals surface area contributed by atoms with Crippen LogP contribution in [-0.4, -0.2) is 15.9 Å². The van der Waals surface area contributed by atoms with Crippen LogP contribution in [0.15, 0.2) is 27.2 Å². The predicted molar refractivity (Wildman–Crippen MR) is 80.9 cm³/mol. The summed E-state index contributed by atoms with van der Waals surface area (Å²) in [5.41, 5.74) is 7.44. The first-order chi connectivity index (χ1) is 9.25. The fourth-order valence-corrected chi connectivity index (χ4v) is 3.74. The van der Waals surface area contributed by atoms with Gasteiger partial charge in [-0.2, -0.15) is 16.7 Å². The second kappa shape index (κ2) is 5.54. The Morgan fingerprint density at radius 3 is 3.05 bits per heavy atom. The van der Waals surface area contributed by atoms with Gasteiger partial charge in [-0.1, -0.05) is 17.6 Å². The van der Waals surface area contributed by atoms with Gasteiger partial charge in [0.2, 0.25) is 0 Å². The summed E-state index contributed by atoms with van der Waals surface area (Å²) in [6.07, 6.45) is 3.64. The minimum Gasteiger partial charge on any atom is -0.397 e. The van der Waals surface area contributed by atoms with Gasteiger partial charge in [-0.3, -0.25) is 0 Å². The Morgan fingerprint density at radius 1 is 1.37 bits per heavy atom. The number of para-hydroxylation sites is 1. The first kappa shape index (κ1) is 13.0. The highest BCUT2D eigenvalue weighted by molar-refractivity contribution is 9.10. The van der Waals surface area contributed by atoms with Crippen molar-refractivity contribution in [1.82, 2.24) is 10.1 Å². The molecule has 0 amide bonds. The predicted octanol–water partition coefficient (Wildman–Crippen LogP) is 4.04. The highest BCUT2D eigenvalue weighted by Gasteiger charge is 2.22. The average Bonchev–Trinajstić information content (AvgIpc) is 2.92. The van der Waals surface area contributed by atoms with E-state index in [9.17, 15) is 0 Å². The molecule has 0 aliphatic carbocycles. The lowest BCUT2D eigenvalue weighted by atomic mass is 10.1. The lowest BCUT2D eigenvalue weighted by molar-refractivity contribution is 0.420. The second-order valence-electron chi connectivity index (χ2n) is 4.51. The van der Waals surface area contributed by atoms with Crippen molar-refractivity contribution in [3.05, 3.63) is 28.5 Å². The van der Waals surface area contributed by atoms with Gasteiger partial charge in [-0.05, 0) is 46.7 Å². The van der Waals surface area contributed by atoms with E-state index in [4.69, 9.17) is 10.3 Å². The quantitative estimate of drug-likeness (QED) is 0.836. The van der Waals surface area contributed by atoms with Gasteiger partial charge in [0.05, 0.1) is 16.5 Å². The molecule has 0 radical (unpaired) electrons. The normalized spacial score (nSPS) is 19.5. The van der Waals surface area contributed by atoms with E-state index >= 15 is 0 Å². The SMILES string of the molecule is Nc1c(Br)cccc1-c1nc(C2CCCCS2)no1. The highest BCUT2D eigenvalue weighted by atomic mass is 79.9. The molecule has 0 spiro atoms. The fourth-order valence-electron chi connectivity index (χ4n) is 2.14. The van der Waals surface area contributed by atoms with Crippen LogP contribution < -0.4 is 5.73 Å². The standard InChI is InChI=1S/C13H14BrN3OS/c14-9-5-3-4-8(11(9)15)13-16-12(17-18-13)10-6-1-2-7-19-10/h3-5,10H,1-2,6-7,15H2. The molecule has 0 saturated carbocycles. The molecule has 1 saturated heterocycles. The number of thioether (sulfide) groups is 1. The van der Waals surface area contributed by atoms with E-state index in [1.807, 2.05) is 30.0 Å². The monoisotopic (exact) mass is 339 g/mol. The van der Waals surface area contributed by atoms with E-state index < -0.39 is 0 Å². The maximum Gasteiger partial charge on any atom is 0.260 e. The van der Waals surface area contributed by atoms with E-state index in [-0.39, 0.29) is 0 Å². The third kappa shape index (κ3) is 2.65. The van der Waals surface area contributed by atoms with Gasteiger partial charge >= 0.3 is 0 Å². The molecule has 3 rings (SSSR count). The summed E-state index contributed by atoms with van der Waals surface area (Å²) in [4.78, 5) is 4.51. The zero-order chi connectivity index (χ0) is 13.2. The zero-order valence-corrected chi connectivity index (χ0v) is 12.7. The molecular weight excluding hydrogens is 326 g/mol. The number of anilines is 1. The Balaban J connectivity index is 1.90. The van der Waals surface area contributed by atoms with Crippen molar-refractivity contribution < 1.29 is 4.52 Å². The molecule has 1 aromatic heterocycles. The number of halogens is 1. The second-order valence-corrected chi connectivity index (χ2v) is 6.68. The Kier molecular flexibility index (Phi) is 3.79. The van der Waals surface area contributed by atoms with Gasteiger partial charge in [0, 0.05) is 4.47 Å². The van der Waals surface area contributed by atoms with Crippen molar-refractivity contribution in [3.8, 4) is 11.5 Å². The average molecular weight is 340 g/mol. The maximum absolute atomic E-state index is 6.02. The molecule has 100 valence electrons. The van der Waals surface area contributed by atoms with Crippen molar-refractivity contribution in [2.24, 2.45) is 0 Å². The number of aromatic nitrogens is 2. The lowest BCUT2D eigenvalue weighted by Crippen LogP contribution is -2.03. The van der Waals surface area contributed by atoms with Crippen LogP contribution >= 0.6 is 27.7 Å². The smallest absolute Gasteiger partial charge is 0.260 e. The number of hydrogen-bond donors (Lipinski definition) is 1. The number of nitrogens with zero attached hydrogens (tertiary/aromatic N) is 2. The van der Waals surface area contributed by atoms with Crippen LogP contribution in [0, 0.1) is 0 Å². The maximum atomic E-state index is 6.02. The molecule has 19 heavy (non-hydrogen) atoms. The number of nitrogen functional groups attached to an aromatic ring is 1. The first-order valence-electron chi connectivity index (χ1n) is 6.25. The summed E-state index contributed by atoms with van der Waals surface area (Å²) >= 11 is 5.31. The van der Waals surface area contributed by atoms with Gasteiger partial charge in [0.15, 0.2) is 5.82 Å². The van der Waals surface area contributed by atoms with Crippen LogP contribution in [0.4, 0.5) is 5.69 Å². The molecule has 1 aromatic carbocycles. The highest BCUT2D eigenvalue weighted by Crippen LogP contribution is 2.38. The van der Waals surface area contributed by atoms with Gasteiger partial charge in [-0.25, -0.2) is 0 Å². The molecule has 2 N–H and O–H groups in total. The largest absolute Gasteiger partial charge is 0.397 e. The van der Waals surface area contributed by atoms with Gasteiger partial charge in [0.1, 0.15) is 0 Å². The third-order valence-corrected chi connectivity index (χ3v) is 5.26. The molecule has 2 heterocycles. The lowest BCUT2D eigenvalue weighted by Gasteiger charge is -2.17. The summed E-state index contributed by atoms with van der Waals surface area (Å²) in [5.74, 6) is 2.46. The Morgan fingerprint density at radius 2 is 2.26 bits per heavy atom. The van der Waals surface area contributed by atoms with E-state index in [1.165, 1.54) is 18.6 Å². The molecule has 6 heteroatoms. The third-order valence-electron chi connectivity index (χ3n) is 3.19. The molecule has 2 aromatic rings. The van der Waals surface area contributed by atoms with E-state index in [0.29, 0.717) is 16.8 Å². The number of benzene rings is 1. The summed E-state index contributed by atoms with van der Waals surface area (Å²) in [7, 11) is 0. The Labute approximate surface area is 124 Å². The Hall–Kier alpha value is -1.01. The summed E-state index contributed by atoms with van der Waals surface area (Å²) in [6, 6.07) is 5.70. The van der Waals surface area contributed by atoms with Crippen molar-refractivity contribution in [2.45, 2.75) is 24.5 Å². The molecular formula is C13H14BrN3OS. The molecule has 1 atom stereocenters. The van der Waals surface area contributed by atoms with E-state index in [1.54, 1.807) is 0 Å². The first-order valence-corrected chi connectivity index (χ1v) is 8.09. The van der Waals surface area contributed by atoms with Crippen LogP contribution in [0.25, 0.3) is 11.5 Å². The van der Waals surface area contributed by atoms with Gasteiger partial charge in [0.25, 0.3) is 5.89 Å². The van der Waals surface area contributed by atoms with Crippen molar-refractivity contribution in [1.29, 1.82) is 0 Å². The van der Waals surface area contributed by atoms with Crippen LogP contribution in [0.5, 0.6) is 0 Å². The van der Waals surface area contributed by atoms with E-state index in [2.05, 4.69) is 26.1 Å². The van der Waals surface area contributed by atoms with Crippen LogP contribution in [0.3, 0.4) is 0 Å². The van der Waals surface area contributed by atoms with Crippen LogP contribution in [0.1, 0.15) is 30.3 Å². The summed E-state index contributed by atoms with van der Waals surface area (Å²) < 4.78 is 6.21. The van der Waals surface area contributed by atoms with Crippen molar-refractivity contribution >= 4 is 33.4 Å². The molecule has 1 aliphatic heterocycles. The van der Waals surface area contributed by atoms with Crippen molar-refractivity contribution in [3.63, 3.8) is 0 Å². The molecule has 4 nitrogen and oxygen atoms in total. The van der Waals surface area contributed by atoms with Gasteiger partial charge in [-0.15, -0.1) is 0 Å².